The quantitative estimate of drug-likeness (QED) is 0.0261. The van der Waals surface area contributed by atoms with Crippen LogP contribution in [-0.4, -0.2) is 37.2 Å². The van der Waals surface area contributed by atoms with Crippen molar-refractivity contribution >= 4 is 17.9 Å². The average Bonchev–Trinajstić information content (AvgIpc) is 3.36. The minimum atomic E-state index is -0.784. The summed E-state index contributed by atoms with van der Waals surface area (Å²) in [5, 5.41) is 0. The number of carbonyl (C=O) groups excluding carboxylic acids is 3. The Morgan fingerprint density at radius 3 is 0.900 bits per heavy atom. The van der Waals surface area contributed by atoms with Gasteiger partial charge in [0.05, 0.1) is 0 Å². The maximum absolute atomic E-state index is 12.8. The summed E-state index contributed by atoms with van der Waals surface area (Å²) in [6.07, 6.45) is 72.9. The van der Waals surface area contributed by atoms with E-state index in [0.29, 0.717) is 19.3 Å². The topological polar surface area (TPSA) is 78.9 Å². The summed E-state index contributed by atoms with van der Waals surface area (Å²) in [5.41, 5.74) is 0. The minimum Gasteiger partial charge on any atom is -0.462 e. The van der Waals surface area contributed by atoms with Crippen molar-refractivity contribution in [2.45, 2.75) is 329 Å². The van der Waals surface area contributed by atoms with E-state index >= 15 is 0 Å². The van der Waals surface area contributed by atoms with Crippen LogP contribution in [0.4, 0.5) is 0 Å². The molecule has 0 aliphatic rings. The highest BCUT2D eigenvalue weighted by Gasteiger charge is 2.19. The number of carbonyl (C=O) groups is 3. The summed E-state index contributed by atoms with van der Waals surface area (Å²) in [6, 6.07) is 0. The van der Waals surface area contributed by atoms with Crippen molar-refractivity contribution in [3.8, 4) is 0 Å². The Morgan fingerprint density at radius 2 is 0.557 bits per heavy atom. The summed E-state index contributed by atoms with van der Waals surface area (Å²) < 4.78 is 16.8. The molecule has 0 fully saturated rings. The fraction of sp³-hybridized carbons (Fsp3) is 0.828. The van der Waals surface area contributed by atoms with E-state index in [1.54, 1.807) is 0 Å². The third kappa shape index (κ3) is 56.3. The van der Waals surface area contributed by atoms with Gasteiger partial charge in [0, 0.05) is 19.3 Å². The molecule has 0 aromatic carbocycles. The zero-order valence-electron chi connectivity index (χ0n) is 46.8. The van der Waals surface area contributed by atoms with E-state index in [1.807, 2.05) is 0 Å². The van der Waals surface area contributed by atoms with Crippen LogP contribution in [0.2, 0.25) is 0 Å². The van der Waals surface area contributed by atoms with Gasteiger partial charge in [0.25, 0.3) is 0 Å². The molecule has 0 aliphatic carbocycles. The second-order valence-electron chi connectivity index (χ2n) is 20.6. The highest BCUT2D eigenvalue weighted by molar-refractivity contribution is 5.71. The second-order valence-corrected chi connectivity index (χ2v) is 20.6. The van der Waals surface area contributed by atoms with Crippen molar-refractivity contribution in [1.29, 1.82) is 0 Å². The van der Waals surface area contributed by atoms with E-state index in [2.05, 4.69) is 69.4 Å². The first kappa shape index (κ1) is 67.4. The molecule has 0 aromatic heterocycles. The van der Waals surface area contributed by atoms with Crippen molar-refractivity contribution in [3.63, 3.8) is 0 Å². The van der Waals surface area contributed by atoms with Crippen LogP contribution < -0.4 is 0 Å². The van der Waals surface area contributed by atoms with Gasteiger partial charge in [-0.3, -0.25) is 14.4 Å². The summed E-state index contributed by atoms with van der Waals surface area (Å²) in [7, 11) is 0. The largest absolute Gasteiger partial charge is 0.462 e. The second kappa shape index (κ2) is 58.9. The number of unbranched alkanes of at least 4 members (excludes halogenated alkanes) is 37. The molecule has 6 heteroatoms. The van der Waals surface area contributed by atoms with Crippen molar-refractivity contribution in [2.75, 3.05) is 13.2 Å². The summed E-state index contributed by atoms with van der Waals surface area (Å²) >= 11 is 0. The zero-order valence-corrected chi connectivity index (χ0v) is 46.8. The van der Waals surface area contributed by atoms with E-state index < -0.39 is 6.10 Å². The van der Waals surface area contributed by atoms with Crippen LogP contribution in [0.1, 0.15) is 323 Å². The SMILES string of the molecule is CC/C=C\C/C=C\C/C=C\CCCCCC(=O)OC(COC(=O)CCCCCCCCCCCC)COC(=O)CCCCCCCCCCCCCCCCCCC/C=C\CCCCCCCCCC. The van der Waals surface area contributed by atoms with Gasteiger partial charge in [0.2, 0.25) is 0 Å². The Kier molecular flexibility index (Phi) is 56.7. The molecule has 0 bridgehead atoms. The molecule has 0 N–H and O–H groups in total. The van der Waals surface area contributed by atoms with E-state index in [0.717, 1.165) is 83.5 Å². The summed E-state index contributed by atoms with van der Waals surface area (Å²) in [6.45, 7) is 6.52. The number of allylic oxidation sites excluding steroid dienone is 8. The van der Waals surface area contributed by atoms with Gasteiger partial charge in [-0.1, -0.05) is 275 Å². The van der Waals surface area contributed by atoms with Gasteiger partial charge >= 0.3 is 17.9 Å². The van der Waals surface area contributed by atoms with E-state index in [-0.39, 0.29) is 31.1 Å². The Bertz CT molecular complexity index is 1220. The number of ether oxygens (including phenoxy) is 3. The Labute approximate surface area is 435 Å². The number of rotatable bonds is 56. The Hall–Kier alpha value is -2.63. The predicted molar refractivity (Wildman–Crippen MR) is 302 cm³/mol. The van der Waals surface area contributed by atoms with Gasteiger partial charge < -0.3 is 14.2 Å². The van der Waals surface area contributed by atoms with Crippen LogP contribution >= 0.6 is 0 Å². The van der Waals surface area contributed by atoms with Crippen molar-refractivity contribution in [1.82, 2.24) is 0 Å². The van der Waals surface area contributed by atoms with Crippen LogP contribution in [0.15, 0.2) is 48.6 Å². The maximum atomic E-state index is 12.8. The lowest BCUT2D eigenvalue weighted by Crippen LogP contribution is -2.30. The van der Waals surface area contributed by atoms with Gasteiger partial charge in [-0.15, -0.1) is 0 Å². The van der Waals surface area contributed by atoms with Crippen molar-refractivity contribution < 1.29 is 28.6 Å². The molecular weight excluding hydrogens is 865 g/mol. The van der Waals surface area contributed by atoms with Crippen LogP contribution in [0.5, 0.6) is 0 Å². The Balaban J connectivity index is 4.10. The molecule has 0 radical (unpaired) electrons. The lowest BCUT2D eigenvalue weighted by Gasteiger charge is -2.18. The fourth-order valence-corrected chi connectivity index (χ4v) is 8.98. The third-order valence-corrected chi connectivity index (χ3v) is 13.6. The summed E-state index contributed by atoms with van der Waals surface area (Å²) in [4.78, 5) is 38.0. The van der Waals surface area contributed by atoms with Gasteiger partial charge in [0.1, 0.15) is 13.2 Å². The molecule has 0 saturated heterocycles. The lowest BCUT2D eigenvalue weighted by atomic mass is 10.0. The maximum Gasteiger partial charge on any atom is 0.306 e. The predicted octanol–water partition coefficient (Wildman–Crippen LogP) is 20.6. The number of hydrogen-bond acceptors (Lipinski definition) is 6. The van der Waals surface area contributed by atoms with Crippen LogP contribution in [-0.2, 0) is 28.6 Å². The number of esters is 3. The monoisotopic (exact) mass is 981 g/mol. The molecule has 0 aliphatic heterocycles. The third-order valence-electron chi connectivity index (χ3n) is 13.6. The molecule has 0 heterocycles. The molecule has 70 heavy (non-hydrogen) atoms. The molecule has 0 amide bonds. The first-order chi connectivity index (χ1) is 34.5. The molecule has 0 spiro atoms. The van der Waals surface area contributed by atoms with Crippen molar-refractivity contribution in [3.05, 3.63) is 48.6 Å². The lowest BCUT2D eigenvalue weighted by molar-refractivity contribution is -0.167. The van der Waals surface area contributed by atoms with Crippen molar-refractivity contribution in [2.24, 2.45) is 0 Å². The average molecular weight is 982 g/mol. The molecule has 1 atom stereocenters. The standard InChI is InChI=1S/C64H116O6/c1-4-7-10-13-16-19-22-24-25-26-27-28-29-30-31-32-33-34-35-36-37-38-39-41-42-45-48-51-54-57-63(66)69-60-61(59-68-62(65)56-53-50-47-44-21-18-15-12-9-6-3)70-64(67)58-55-52-49-46-43-40-23-20-17-14-11-8-5-2/h8,11,17,20,26-27,40,43,61H,4-7,9-10,12-16,18-19,21-25,28-39,41-42,44-60H2,1-3H3/b11-8-,20-17-,27-26-,43-40-. The number of hydrogen-bond donors (Lipinski definition) is 0. The smallest absolute Gasteiger partial charge is 0.306 e. The Morgan fingerprint density at radius 1 is 0.300 bits per heavy atom. The van der Waals surface area contributed by atoms with Gasteiger partial charge in [-0.25, -0.2) is 0 Å². The molecule has 408 valence electrons. The van der Waals surface area contributed by atoms with E-state index in [9.17, 15) is 14.4 Å². The van der Waals surface area contributed by atoms with Crippen LogP contribution in [0.3, 0.4) is 0 Å². The zero-order chi connectivity index (χ0) is 50.7. The molecule has 0 rings (SSSR count). The van der Waals surface area contributed by atoms with Crippen LogP contribution in [0.25, 0.3) is 0 Å². The molecule has 6 nitrogen and oxygen atoms in total. The molecule has 0 aromatic rings. The van der Waals surface area contributed by atoms with E-state index in [1.165, 1.54) is 199 Å². The highest BCUT2D eigenvalue weighted by atomic mass is 16.6. The molecule has 0 saturated carbocycles. The molecular formula is C64H116O6. The van der Waals surface area contributed by atoms with Gasteiger partial charge in [-0.2, -0.15) is 0 Å². The van der Waals surface area contributed by atoms with Crippen LogP contribution in [0, 0.1) is 0 Å². The first-order valence-corrected chi connectivity index (χ1v) is 30.6. The molecule has 1 unspecified atom stereocenters. The van der Waals surface area contributed by atoms with E-state index in [4.69, 9.17) is 14.2 Å². The van der Waals surface area contributed by atoms with Gasteiger partial charge in [0.15, 0.2) is 6.10 Å². The highest BCUT2D eigenvalue weighted by Crippen LogP contribution is 2.17. The van der Waals surface area contributed by atoms with Gasteiger partial charge in [-0.05, 0) is 77.0 Å². The minimum absolute atomic E-state index is 0.0814. The summed E-state index contributed by atoms with van der Waals surface area (Å²) in [5.74, 6) is -0.898. The first-order valence-electron chi connectivity index (χ1n) is 30.6. The normalized spacial score (nSPS) is 12.3. The fourth-order valence-electron chi connectivity index (χ4n) is 8.98.